The van der Waals surface area contributed by atoms with Gasteiger partial charge in [0.1, 0.15) is 5.82 Å². The highest BCUT2D eigenvalue weighted by atomic mass is 35.5. The summed E-state index contributed by atoms with van der Waals surface area (Å²) in [6, 6.07) is 4.23. The van der Waals surface area contributed by atoms with E-state index < -0.39 is 5.82 Å². The molecule has 30 heavy (non-hydrogen) atoms. The van der Waals surface area contributed by atoms with Crippen molar-refractivity contribution in [3.63, 3.8) is 0 Å². The summed E-state index contributed by atoms with van der Waals surface area (Å²) in [4.78, 5) is 26.4. The molecule has 0 aromatic heterocycles. The molecule has 0 saturated carbocycles. The largest absolute Gasteiger partial charge is 0.379 e. The summed E-state index contributed by atoms with van der Waals surface area (Å²) in [6.07, 6.45) is 2.66. The van der Waals surface area contributed by atoms with Crippen LogP contribution in [0.5, 0.6) is 0 Å². The standard InChI is InChI=1S/C20H29FN4O3.2ClH/c21-17-3-2-16(23-19(26)4-1-15-5-7-22-14-15)13-18(17)24-20(27)6-8-25-9-11-28-12-10-25;;/h2-3,13,15,22H,1,4-12,14H2,(H,23,26)(H,24,27);2*1H. The summed E-state index contributed by atoms with van der Waals surface area (Å²) in [5.41, 5.74) is 0.573. The SMILES string of the molecule is Cl.Cl.O=C(CCC1CCNC1)Nc1ccc(F)c(NC(=O)CCN2CCOCC2)c1. The summed E-state index contributed by atoms with van der Waals surface area (Å²) in [5.74, 6) is -0.319. The summed E-state index contributed by atoms with van der Waals surface area (Å²) < 4.78 is 19.3. The zero-order valence-electron chi connectivity index (χ0n) is 17.0. The van der Waals surface area contributed by atoms with Gasteiger partial charge in [-0.3, -0.25) is 14.5 Å². The third-order valence-corrected chi connectivity index (χ3v) is 5.23. The van der Waals surface area contributed by atoms with Crippen molar-refractivity contribution in [2.45, 2.75) is 25.7 Å². The van der Waals surface area contributed by atoms with Crippen LogP contribution in [0, 0.1) is 11.7 Å². The summed E-state index contributed by atoms with van der Waals surface area (Å²) >= 11 is 0. The van der Waals surface area contributed by atoms with Gasteiger partial charge in [0, 0.05) is 38.2 Å². The van der Waals surface area contributed by atoms with Gasteiger partial charge >= 0.3 is 0 Å². The Morgan fingerprint density at radius 3 is 2.57 bits per heavy atom. The van der Waals surface area contributed by atoms with E-state index in [1.54, 1.807) is 0 Å². The Hall–Kier alpha value is -1.45. The Bertz CT molecular complexity index is 684. The van der Waals surface area contributed by atoms with Crippen molar-refractivity contribution >= 4 is 48.0 Å². The van der Waals surface area contributed by atoms with Crippen LogP contribution in [0.3, 0.4) is 0 Å². The van der Waals surface area contributed by atoms with Crippen LogP contribution in [0.2, 0.25) is 0 Å². The number of nitrogens with one attached hydrogen (secondary N) is 3. The minimum atomic E-state index is -0.519. The minimum Gasteiger partial charge on any atom is -0.379 e. The van der Waals surface area contributed by atoms with Gasteiger partial charge in [0.25, 0.3) is 0 Å². The maximum Gasteiger partial charge on any atom is 0.225 e. The zero-order valence-corrected chi connectivity index (χ0v) is 18.6. The minimum absolute atomic E-state index is 0. The number of amides is 2. The van der Waals surface area contributed by atoms with Gasteiger partial charge in [-0.05, 0) is 50.0 Å². The van der Waals surface area contributed by atoms with Crippen LogP contribution in [0.15, 0.2) is 18.2 Å². The van der Waals surface area contributed by atoms with E-state index in [1.165, 1.54) is 18.2 Å². The van der Waals surface area contributed by atoms with Gasteiger partial charge in [-0.2, -0.15) is 0 Å². The van der Waals surface area contributed by atoms with Crippen molar-refractivity contribution in [3.8, 4) is 0 Å². The molecule has 3 rings (SSSR count). The van der Waals surface area contributed by atoms with E-state index in [0.29, 0.717) is 37.8 Å². The summed E-state index contributed by atoms with van der Waals surface area (Å²) in [6.45, 7) is 5.55. The molecule has 2 aliphatic heterocycles. The molecule has 10 heteroatoms. The molecule has 2 heterocycles. The second-order valence-electron chi connectivity index (χ2n) is 7.39. The molecule has 170 valence electrons. The second-order valence-corrected chi connectivity index (χ2v) is 7.39. The number of halogens is 3. The maximum atomic E-state index is 14.1. The van der Waals surface area contributed by atoms with E-state index in [2.05, 4.69) is 20.9 Å². The zero-order chi connectivity index (χ0) is 19.8. The topological polar surface area (TPSA) is 82.7 Å². The fourth-order valence-corrected chi connectivity index (χ4v) is 3.52. The Balaban J connectivity index is 0.00000225. The molecular weight excluding hydrogens is 434 g/mol. The lowest BCUT2D eigenvalue weighted by molar-refractivity contribution is -0.117. The smallest absolute Gasteiger partial charge is 0.225 e. The van der Waals surface area contributed by atoms with Crippen LogP contribution < -0.4 is 16.0 Å². The molecule has 2 saturated heterocycles. The van der Waals surface area contributed by atoms with Crippen molar-refractivity contribution in [1.29, 1.82) is 0 Å². The van der Waals surface area contributed by atoms with Gasteiger partial charge in [0.15, 0.2) is 0 Å². The molecule has 0 bridgehead atoms. The molecule has 1 aromatic rings. The number of carbonyl (C=O) groups is 2. The molecule has 2 aliphatic rings. The van der Waals surface area contributed by atoms with E-state index in [4.69, 9.17) is 4.74 Å². The highest BCUT2D eigenvalue weighted by molar-refractivity contribution is 5.94. The van der Waals surface area contributed by atoms with Crippen LogP contribution in [0.25, 0.3) is 0 Å². The maximum absolute atomic E-state index is 14.1. The van der Waals surface area contributed by atoms with Gasteiger partial charge in [0.05, 0.1) is 18.9 Å². The highest BCUT2D eigenvalue weighted by Crippen LogP contribution is 2.21. The second kappa shape index (κ2) is 13.8. The summed E-state index contributed by atoms with van der Waals surface area (Å²) in [7, 11) is 0. The number of nitrogens with zero attached hydrogens (tertiary/aromatic N) is 1. The van der Waals surface area contributed by atoms with Crippen molar-refractivity contribution in [2.24, 2.45) is 5.92 Å². The van der Waals surface area contributed by atoms with E-state index in [-0.39, 0.29) is 48.7 Å². The number of hydrogen-bond acceptors (Lipinski definition) is 5. The van der Waals surface area contributed by atoms with Gasteiger partial charge in [-0.15, -0.1) is 24.8 Å². The van der Waals surface area contributed by atoms with Crippen LogP contribution in [-0.2, 0) is 14.3 Å². The van der Waals surface area contributed by atoms with Gasteiger partial charge < -0.3 is 20.7 Å². The van der Waals surface area contributed by atoms with Gasteiger partial charge in [-0.1, -0.05) is 0 Å². The molecule has 2 amide bonds. The molecule has 1 atom stereocenters. The average Bonchev–Trinajstić information content (AvgIpc) is 3.22. The van der Waals surface area contributed by atoms with Crippen molar-refractivity contribution in [3.05, 3.63) is 24.0 Å². The molecule has 0 radical (unpaired) electrons. The molecule has 0 aliphatic carbocycles. The Morgan fingerprint density at radius 2 is 1.87 bits per heavy atom. The molecule has 2 fully saturated rings. The summed E-state index contributed by atoms with van der Waals surface area (Å²) in [5, 5.41) is 8.69. The molecule has 0 spiro atoms. The highest BCUT2D eigenvalue weighted by Gasteiger charge is 2.16. The first-order chi connectivity index (χ1) is 13.6. The van der Waals surface area contributed by atoms with Crippen molar-refractivity contribution in [1.82, 2.24) is 10.2 Å². The lowest BCUT2D eigenvalue weighted by Gasteiger charge is -2.26. The Kier molecular flexibility index (Phi) is 12.2. The third-order valence-electron chi connectivity index (χ3n) is 5.23. The number of rotatable bonds is 8. The fourth-order valence-electron chi connectivity index (χ4n) is 3.52. The van der Waals surface area contributed by atoms with Crippen LogP contribution in [-0.4, -0.2) is 62.7 Å². The molecule has 7 nitrogen and oxygen atoms in total. The van der Waals surface area contributed by atoms with Crippen molar-refractivity contribution < 1.29 is 18.7 Å². The van der Waals surface area contributed by atoms with Crippen LogP contribution >= 0.6 is 24.8 Å². The number of anilines is 2. The lowest BCUT2D eigenvalue weighted by atomic mass is 10.0. The van der Waals surface area contributed by atoms with E-state index in [9.17, 15) is 14.0 Å². The van der Waals surface area contributed by atoms with E-state index in [1.807, 2.05) is 0 Å². The number of ether oxygens (including phenoxy) is 1. The molecule has 1 aromatic carbocycles. The van der Waals surface area contributed by atoms with Gasteiger partial charge in [-0.25, -0.2) is 4.39 Å². The third kappa shape index (κ3) is 8.73. The number of carbonyl (C=O) groups excluding carboxylic acids is 2. The van der Waals surface area contributed by atoms with Crippen LogP contribution in [0.1, 0.15) is 25.7 Å². The molecule has 1 unspecified atom stereocenters. The first-order valence-electron chi connectivity index (χ1n) is 10.0. The van der Waals surface area contributed by atoms with Gasteiger partial charge in [0.2, 0.25) is 11.8 Å². The van der Waals surface area contributed by atoms with E-state index in [0.717, 1.165) is 39.0 Å². The molecule has 3 N–H and O–H groups in total. The monoisotopic (exact) mass is 464 g/mol. The first-order valence-corrected chi connectivity index (χ1v) is 10.0. The normalized spacial score (nSPS) is 18.8. The molecular formula is C20H31Cl2FN4O3. The predicted octanol–water partition coefficient (Wildman–Crippen LogP) is 2.66. The average molecular weight is 465 g/mol. The number of hydrogen-bond donors (Lipinski definition) is 3. The first kappa shape index (κ1) is 26.6. The van der Waals surface area contributed by atoms with E-state index >= 15 is 0 Å². The number of morpholine rings is 1. The Labute approximate surface area is 189 Å². The van der Waals surface area contributed by atoms with Crippen LogP contribution in [0.4, 0.5) is 15.8 Å². The predicted molar refractivity (Wildman–Crippen MR) is 120 cm³/mol. The van der Waals surface area contributed by atoms with Crippen molar-refractivity contribution in [2.75, 3.05) is 56.6 Å². The fraction of sp³-hybridized carbons (Fsp3) is 0.600. The number of benzene rings is 1. The lowest BCUT2D eigenvalue weighted by Crippen LogP contribution is -2.38. The quantitative estimate of drug-likeness (QED) is 0.550. The Morgan fingerprint density at radius 1 is 1.13 bits per heavy atom.